The molecule has 1 unspecified atom stereocenters. The molecule has 1 heterocycles. The van der Waals surface area contributed by atoms with Gasteiger partial charge >= 0.3 is 0 Å². The number of nitrogens with zero attached hydrogens (tertiary/aromatic N) is 1. The van der Waals surface area contributed by atoms with Gasteiger partial charge in [0.2, 0.25) is 0 Å². The van der Waals surface area contributed by atoms with Crippen LogP contribution < -0.4 is 5.32 Å². The first-order valence-electron chi connectivity index (χ1n) is 8.82. The molecule has 1 aromatic carbocycles. The summed E-state index contributed by atoms with van der Waals surface area (Å²) in [5.41, 5.74) is 1.37. The lowest BCUT2D eigenvalue weighted by atomic mass is 10.00. The predicted octanol–water partition coefficient (Wildman–Crippen LogP) is 2.60. The number of phenols is 1. The summed E-state index contributed by atoms with van der Waals surface area (Å²) in [4.78, 5) is 14.8. The van der Waals surface area contributed by atoms with Gasteiger partial charge in [-0.1, -0.05) is 33.8 Å². The molecule has 0 spiro atoms. The normalized spacial score (nSPS) is 19.0. The van der Waals surface area contributed by atoms with Crippen molar-refractivity contribution in [2.75, 3.05) is 32.8 Å². The fraction of sp³-hybridized carbons (Fsp3) is 0.632. The van der Waals surface area contributed by atoms with Gasteiger partial charge in [0.25, 0.3) is 5.91 Å². The maximum absolute atomic E-state index is 12.4. The molecule has 24 heavy (non-hydrogen) atoms. The van der Waals surface area contributed by atoms with E-state index >= 15 is 0 Å². The third kappa shape index (κ3) is 5.21. The molecule has 0 radical (unpaired) electrons. The van der Waals surface area contributed by atoms with E-state index in [9.17, 15) is 9.90 Å². The topological polar surface area (TPSA) is 61.8 Å². The number of hydrogen-bond acceptors (Lipinski definition) is 4. The van der Waals surface area contributed by atoms with E-state index in [0.717, 1.165) is 25.2 Å². The molecule has 1 aromatic rings. The van der Waals surface area contributed by atoms with E-state index in [1.54, 1.807) is 12.1 Å². The summed E-state index contributed by atoms with van der Waals surface area (Å²) in [5.74, 6) is 0.694. The van der Waals surface area contributed by atoms with Crippen LogP contribution in [0.3, 0.4) is 0 Å². The molecule has 0 aromatic heterocycles. The van der Waals surface area contributed by atoms with Crippen LogP contribution in [0.2, 0.25) is 0 Å². The Labute approximate surface area is 145 Å². The van der Waals surface area contributed by atoms with Gasteiger partial charge < -0.3 is 15.2 Å². The zero-order chi connectivity index (χ0) is 17.7. The summed E-state index contributed by atoms with van der Waals surface area (Å²) < 4.78 is 5.75. The molecular weight excluding hydrogens is 304 g/mol. The molecule has 0 aliphatic carbocycles. The van der Waals surface area contributed by atoms with Crippen molar-refractivity contribution >= 4 is 5.91 Å². The van der Waals surface area contributed by atoms with E-state index in [4.69, 9.17) is 4.74 Å². The Hall–Kier alpha value is -1.59. The number of rotatable bonds is 6. The lowest BCUT2D eigenvalue weighted by molar-refractivity contribution is -0.0295. The minimum absolute atomic E-state index is 0.00289. The summed E-state index contributed by atoms with van der Waals surface area (Å²) in [7, 11) is 0. The standard InChI is InChI=1S/C19H30N2O3/c1-13(2)11-21-7-8-24-16(12-21)10-20-19(23)17-9-15(14(3)4)5-6-18(17)22/h5-6,9,13-14,16,22H,7-8,10-12H2,1-4H3,(H,20,23). The molecule has 1 amide bonds. The molecular formula is C19H30N2O3. The molecule has 1 aliphatic heterocycles. The number of carbonyl (C=O) groups is 1. The fourth-order valence-electron chi connectivity index (χ4n) is 2.98. The van der Waals surface area contributed by atoms with Crippen molar-refractivity contribution in [1.82, 2.24) is 10.2 Å². The average Bonchev–Trinajstić information content (AvgIpc) is 2.52. The summed E-state index contributed by atoms with van der Waals surface area (Å²) in [6.07, 6.45) is -0.00289. The second kappa shape index (κ2) is 8.49. The summed E-state index contributed by atoms with van der Waals surface area (Å²) in [6, 6.07) is 5.21. The summed E-state index contributed by atoms with van der Waals surface area (Å²) >= 11 is 0. The van der Waals surface area contributed by atoms with Gasteiger partial charge in [0.05, 0.1) is 18.3 Å². The van der Waals surface area contributed by atoms with E-state index in [2.05, 4.69) is 37.9 Å². The third-order valence-electron chi connectivity index (χ3n) is 4.27. The molecule has 2 rings (SSSR count). The van der Waals surface area contributed by atoms with Gasteiger partial charge in [-0.05, 0) is 29.5 Å². The number of hydrogen-bond donors (Lipinski definition) is 2. The number of carbonyl (C=O) groups excluding carboxylic acids is 1. The van der Waals surface area contributed by atoms with Crippen molar-refractivity contribution in [2.24, 2.45) is 5.92 Å². The number of morpholine rings is 1. The van der Waals surface area contributed by atoms with Crippen LogP contribution in [-0.4, -0.2) is 54.8 Å². The Bertz CT molecular complexity index is 558. The molecule has 2 N–H and O–H groups in total. The van der Waals surface area contributed by atoms with Crippen LogP contribution in [0.5, 0.6) is 5.75 Å². The van der Waals surface area contributed by atoms with Gasteiger partial charge in [-0.25, -0.2) is 0 Å². The van der Waals surface area contributed by atoms with Gasteiger partial charge in [0.1, 0.15) is 5.75 Å². The number of ether oxygens (including phenoxy) is 1. The number of amides is 1. The zero-order valence-corrected chi connectivity index (χ0v) is 15.2. The zero-order valence-electron chi connectivity index (χ0n) is 15.2. The maximum Gasteiger partial charge on any atom is 0.255 e. The highest BCUT2D eigenvalue weighted by Crippen LogP contribution is 2.23. The van der Waals surface area contributed by atoms with E-state index in [1.165, 1.54) is 0 Å². The van der Waals surface area contributed by atoms with Crippen molar-refractivity contribution in [3.05, 3.63) is 29.3 Å². The number of benzene rings is 1. The lowest BCUT2D eigenvalue weighted by Gasteiger charge is -2.34. The Morgan fingerprint density at radius 2 is 2.12 bits per heavy atom. The molecule has 1 fully saturated rings. The predicted molar refractivity (Wildman–Crippen MR) is 95.5 cm³/mol. The van der Waals surface area contributed by atoms with Crippen molar-refractivity contribution < 1.29 is 14.6 Å². The molecule has 1 aliphatic rings. The van der Waals surface area contributed by atoms with Crippen LogP contribution >= 0.6 is 0 Å². The average molecular weight is 334 g/mol. The maximum atomic E-state index is 12.4. The molecule has 0 bridgehead atoms. The van der Waals surface area contributed by atoms with Crippen molar-refractivity contribution in [3.63, 3.8) is 0 Å². The lowest BCUT2D eigenvalue weighted by Crippen LogP contribution is -2.48. The first kappa shape index (κ1) is 18.7. The molecule has 0 saturated carbocycles. The van der Waals surface area contributed by atoms with Crippen LogP contribution in [0.25, 0.3) is 0 Å². The van der Waals surface area contributed by atoms with Crippen molar-refractivity contribution in [2.45, 2.75) is 39.7 Å². The molecule has 1 atom stereocenters. The largest absolute Gasteiger partial charge is 0.507 e. The molecule has 5 nitrogen and oxygen atoms in total. The molecule has 1 saturated heterocycles. The van der Waals surface area contributed by atoms with Crippen molar-refractivity contribution in [1.29, 1.82) is 0 Å². The van der Waals surface area contributed by atoms with E-state index in [0.29, 0.717) is 30.6 Å². The van der Waals surface area contributed by atoms with E-state index in [-0.39, 0.29) is 17.8 Å². The Morgan fingerprint density at radius 1 is 1.38 bits per heavy atom. The van der Waals surface area contributed by atoms with Gasteiger partial charge in [-0.15, -0.1) is 0 Å². The number of aromatic hydroxyl groups is 1. The first-order chi connectivity index (χ1) is 11.4. The van der Waals surface area contributed by atoms with Gasteiger partial charge in [-0.2, -0.15) is 0 Å². The van der Waals surface area contributed by atoms with Crippen LogP contribution in [0.1, 0.15) is 49.5 Å². The van der Waals surface area contributed by atoms with Crippen LogP contribution in [0, 0.1) is 5.92 Å². The van der Waals surface area contributed by atoms with Gasteiger partial charge in [-0.3, -0.25) is 9.69 Å². The van der Waals surface area contributed by atoms with Crippen LogP contribution in [-0.2, 0) is 4.74 Å². The first-order valence-corrected chi connectivity index (χ1v) is 8.82. The quantitative estimate of drug-likeness (QED) is 0.839. The summed E-state index contributed by atoms with van der Waals surface area (Å²) in [5, 5.41) is 12.9. The second-order valence-electron chi connectivity index (χ2n) is 7.29. The highest BCUT2D eigenvalue weighted by molar-refractivity contribution is 5.97. The molecule has 134 valence electrons. The highest BCUT2D eigenvalue weighted by Gasteiger charge is 2.22. The molecule has 5 heteroatoms. The Balaban J connectivity index is 1.92. The SMILES string of the molecule is CC(C)CN1CCOC(CNC(=O)c2cc(C(C)C)ccc2O)C1. The van der Waals surface area contributed by atoms with E-state index in [1.807, 2.05) is 6.07 Å². The summed E-state index contributed by atoms with van der Waals surface area (Å²) in [6.45, 7) is 12.5. The third-order valence-corrected chi connectivity index (χ3v) is 4.27. The minimum atomic E-state index is -0.250. The Morgan fingerprint density at radius 3 is 2.79 bits per heavy atom. The van der Waals surface area contributed by atoms with Gasteiger partial charge in [0, 0.05) is 26.2 Å². The number of nitrogens with one attached hydrogen (secondary N) is 1. The minimum Gasteiger partial charge on any atom is -0.507 e. The van der Waals surface area contributed by atoms with Gasteiger partial charge in [0.15, 0.2) is 0 Å². The van der Waals surface area contributed by atoms with E-state index < -0.39 is 0 Å². The fourth-order valence-corrected chi connectivity index (χ4v) is 2.98. The number of phenolic OH excluding ortho intramolecular Hbond substituents is 1. The monoisotopic (exact) mass is 334 g/mol. The van der Waals surface area contributed by atoms with Crippen LogP contribution in [0.15, 0.2) is 18.2 Å². The smallest absolute Gasteiger partial charge is 0.255 e. The second-order valence-corrected chi connectivity index (χ2v) is 7.29. The Kier molecular flexibility index (Phi) is 6.63. The van der Waals surface area contributed by atoms with Crippen molar-refractivity contribution in [3.8, 4) is 5.75 Å². The highest BCUT2D eigenvalue weighted by atomic mass is 16.5. The van der Waals surface area contributed by atoms with Crippen LogP contribution in [0.4, 0.5) is 0 Å².